The second-order valence-electron chi connectivity index (χ2n) is 5.26. The van der Waals surface area contributed by atoms with Crippen molar-refractivity contribution in [2.24, 2.45) is 5.41 Å². The molecule has 1 heterocycles. The Kier molecular flexibility index (Phi) is 3.50. The quantitative estimate of drug-likeness (QED) is 0.731. The predicted molar refractivity (Wildman–Crippen MR) is 74.3 cm³/mol. The number of halogens is 2. The van der Waals surface area contributed by atoms with Crippen molar-refractivity contribution in [2.75, 3.05) is 18.0 Å². The van der Waals surface area contributed by atoms with Crippen LogP contribution in [0, 0.1) is 5.41 Å². The fourth-order valence-corrected chi connectivity index (χ4v) is 3.05. The number of benzene rings is 1. The molecular formula is C13H17BrClN. The molecular weight excluding hydrogens is 286 g/mol. The van der Waals surface area contributed by atoms with Crippen LogP contribution in [0.25, 0.3) is 0 Å². The molecule has 16 heavy (non-hydrogen) atoms. The number of hydrogen-bond acceptors (Lipinski definition) is 1. The lowest BCUT2D eigenvalue weighted by atomic mass is 9.93. The number of anilines is 1. The average molecular weight is 303 g/mol. The second-order valence-corrected chi connectivity index (χ2v) is 6.38. The lowest BCUT2D eigenvalue weighted by Crippen LogP contribution is -2.22. The minimum Gasteiger partial charge on any atom is -0.370 e. The Labute approximate surface area is 111 Å². The van der Waals surface area contributed by atoms with E-state index >= 15 is 0 Å². The van der Waals surface area contributed by atoms with Gasteiger partial charge in [0.05, 0.1) is 5.69 Å². The van der Waals surface area contributed by atoms with Crippen molar-refractivity contribution in [3.63, 3.8) is 0 Å². The summed E-state index contributed by atoms with van der Waals surface area (Å²) in [6, 6.07) is 6.40. The Hall–Kier alpha value is -0.210. The van der Waals surface area contributed by atoms with E-state index in [9.17, 15) is 0 Å². The summed E-state index contributed by atoms with van der Waals surface area (Å²) in [5, 5.41) is 0. The van der Waals surface area contributed by atoms with Gasteiger partial charge in [0.2, 0.25) is 0 Å². The molecule has 0 aromatic heterocycles. The van der Waals surface area contributed by atoms with E-state index in [1.165, 1.54) is 12.1 Å². The van der Waals surface area contributed by atoms with Crippen molar-refractivity contribution in [1.29, 1.82) is 0 Å². The van der Waals surface area contributed by atoms with Crippen molar-refractivity contribution < 1.29 is 0 Å². The summed E-state index contributed by atoms with van der Waals surface area (Å²) in [7, 11) is 0. The highest BCUT2D eigenvalue weighted by Gasteiger charge is 2.29. The normalized spacial score (nSPS) is 19.1. The Morgan fingerprint density at radius 3 is 2.69 bits per heavy atom. The zero-order valence-corrected chi connectivity index (χ0v) is 12.1. The molecule has 0 amide bonds. The van der Waals surface area contributed by atoms with Crippen LogP contribution in [0.4, 0.5) is 5.69 Å². The van der Waals surface area contributed by atoms with Crippen LogP contribution in [0.5, 0.6) is 0 Å². The molecule has 0 radical (unpaired) electrons. The molecule has 0 atom stereocenters. The fraction of sp³-hybridized carbons (Fsp3) is 0.538. The van der Waals surface area contributed by atoms with E-state index in [1.807, 2.05) is 0 Å². The lowest BCUT2D eigenvalue weighted by Gasteiger charge is -2.23. The fourth-order valence-electron chi connectivity index (χ4n) is 2.21. The van der Waals surface area contributed by atoms with Gasteiger partial charge in [0.25, 0.3) is 0 Å². The predicted octanol–water partition coefficient (Wildman–Crippen LogP) is 4.42. The molecule has 1 fully saturated rings. The molecule has 0 N–H and O–H groups in total. The van der Waals surface area contributed by atoms with Gasteiger partial charge in [-0.25, -0.2) is 0 Å². The first-order valence-electron chi connectivity index (χ1n) is 5.61. The third-order valence-corrected chi connectivity index (χ3v) is 4.13. The third-order valence-electron chi connectivity index (χ3n) is 3.18. The van der Waals surface area contributed by atoms with E-state index in [0.717, 1.165) is 23.1 Å². The average Bonchev–Trinajstić information content (AvgIpc) is 2.58. The van der Waals surface area contributed by atoms with Crippen molar-refractivity contribution in [1.82, 2.24) is 0 Å². The van der Waals surface area contributed by atoms with Crippen LogP contribution in [0.3, 0.4) is 0 Å². The van der Waals surface area contributed by atoms with E-state index in [1.54, 1.807) is 0 Å². The van der Waals surface area contributed by atoms with E-state index in [0.29, 0.717) is 11.3 Å². The first-order valence-corrected chi connectivity index (χ1v) is 6.94. The molecule has 1 aromatic rings. The zero-order chi connectivity index (χ0) is 11.8. The standard InChI is InChI=1S/C13H17BrClN/c1-13(2)5-6-16(9-13)12-4-3-10(8-15)7-11(12)14/h3-4,7H,5-6,8-9H2,1-2H3. The van der Waals surface area contributed by atoms with E-state index < -0.39 is 0 Å². The Morgan fingerprint density at radius 2 is 2.19 bits per heavy atom. The lowest BCUT2D eigenvalue weighted by molar-refractivity contribution is 0.418. The first-order chi connectivity index (χ1) is 7.52. The molecule has 1 saturated heterocycles. The molecule has 3 heteroatoms. The summed E-state index contributed by atoms with van der Waals surface area (Å²) in [6.45, 7) is 6.93. The van der Waals surface area contributed by atoms with Gasteiger partial charge in [-0.1, -0.05) is 19.9 Å². The highest BCUT2D eigenvalue weighted by Crippen LogP contribution is 2.36. The second kappa shape index (κ2) is 4.58. The van der Waals surface area contributed by atoms with Gasteiger partial charge in [-0.15, -0.1) is 11.6 Å². The summed E-state index contributed by atoms with van der Waals surface area (Å²) in [5.74, 6) is 0.574. The SMILES string of the molecule is CC1(C)CCN(c2ccc(CCl)cc2Br)C1. The van der Waals surface area contributed by atoms with Crippen LogP contribution < -0.4 is 4.90 Å². The zero-order valence-electron chi connectivity index (χ0n) is 9.76. The largest absolute Gasteiger partial charge is 0.370 e. The van der Waals surface area contributed by atoms with Gasteiger partial charge in [0.1, 0.15) is 0 Å². The summed E-state index contributed by atoms with van der Waals surface area (Å²) in [5.41, 5.74) is 2.89. The maximum atomic E-state index is 5.82. The minimum atomic E-state index is 0.435. The van der Waals surface area contributed by atoms with Crippen LogP contribution in [0.15, 0.2) is 22.7 Å². The molecule has 0 saturated carbocycles. The summed E-state index contributed by atoms with van der Waals surface area (Å²) in [4.78, 5) is 2.45. The molecule has 1 aliphatic heterocycles. The highest BCUT2D eigenvalue weighted by atomic mass is 79.9. The van der Waals surface area contributed by atoms with E-state index in [2.05, 4.69) is 52.9 Å². The monoisotopic (exact) mass is 301 g/mol. The summed E-state index contributed by atoms with van der Waals surface area (Å²) < 4.78 is 1.16. The van der Waals surface area contributed by atoms with Crippen molar-refractivity contribution in [3.05, 3.63) is 28.2 Å². The van der Waals surface area contributed by atoms with Gasteiger partial charge < -0.3 is 4.90 Å². The highest BCUT2D eigenvalue weighted by molar-refractivity contribution is 9.10. The minimum absolute atomic E-state index is 0.435. The Bertz CT molecular complexity index is 390. The van der Waals surface area contributed by atoms with Crippen LogP contribution in [0.2, 0.25) is 0 Å². The van der Waals surface area contributed by atoms with Crippen molar-refractivity contribution in [3.8, 4) is 0 Å². The number of hydrogen-bond donors (Lipinski definition) is 0. The molecule has 1 nitrogen and oxygen atoms in total. The van der Waals surface area contributed by atoms with Crippen LogP contribution in [-0.4, -0.2) is 13.1 Å². The maximum absolute atomic E-state index is 5.82. The van der Waals surface area contributed by atoms with Crippen LogP contribution >= 0.6 is 27.5 Å². The number of nitrogens with zero attached hydrogens (tertiary/aromatic N) is 1. The summed E-state index contributed by atoms with van der Waals surface area (Å²) in [6.07, 6.45) is 1.26. The van der Waals surface area contributed by atoms with Gasteiger partial charge in [-0.05, 0) is 45.5 Å². The third kappa shape index (κ3) is 2.54. The van der Waals surface area contributed by atoms with E-state index in [4.69, 9.17) is 11.6 Å². The number of alkyl halides is 1. The maximum Gasteiger partial charge on any atom is 0.0511 e. The molecule has 88 valence electrons. The molecule has 0 bridgehead atoms. The summed E-state index contributed by atoms with van der Waals surface area (Å²) >= 11 is 9.46. The van der Waals surface area contributed by atoms with Gasteiger partial charge in [-0.3, -0.25) is 0 Å². The number of rotatable bonds is 2. The van der Waals surface area contributed by atoms with Crippen LogP contribution in [-0.2, 0) is 5.88 Å². The molecule has 0 aliphatic carbocycles. The topological polar surface area (TPSA) is 3.24 Å². The smallest absolute Gasteiger partial charge is 0.0511 e. The van der Waals surface area contributed by atoms with Gasteiger partial charge >= 0.3 is 0 Å². The van der Waals surface area contributed by atoms with E-state index in [-0.39, 0.29) is 0 Å². The molecule has 2 rings (SSSR count). The Balaban J connectivity index is 2.22. The molecule has 1 aliphatic rings. The first kappa shape index (κ1) is 12.3. The van der Waals surface area contributed by atoms with Crippen molar-refractivity contribution >= 4 is 33.2 Å². The van der Waals surface area contributed by atoms with Gasteiger partial charge in [0, 0.05) is 23.4 Å². The Morgan fingerprint density at radius 1 is 1.44 bits per heavy atom. The molecule has 0 unspecified atom stereocenters. The van der Waals surface area contributed by atoms with Gasteiger partial charge in [-0.2, -0.15) is 0 Å². The van der Waals surface area contributed by atoms with Crippen LogP contribution in [0.1, 0.15) is 25.8 Å². The molecule has 0 spiro atoms. The van der Waals surface area contributed by atoms with Gasteiger partial charge in [0.15, 0.2) is 0 Å². The molecule has 1 aromatic carbocycles. The van der Waals surface area contributed by atoms with Crippen molar-refractivity contribution in [2.45, 2.75) is 26.1 Å².